The first-order chi connectivity index (χ1) is 20.5. The predicted molar refractivity (Wildman–Crippen MR) is 176 cm³/mol. The molecule has 2 N–H and O–H groups in total. The van der Waals surface area contributed by atoms with E-state index in [0.29, 0.717) is 22.2 Å². The molecule has 0 radical (unpaired) electrons. The average Bonchev–Trinajstić information content (AvgIpc) is 2.98. The quantitative estimate of drug-likeness (QED) is 0.173. The topological polar surface area (TPSA) is 88.5 Å². The minimum atomic E-state index is -2.99. The summed E-state index contributed by atoms with van der Waals surface area (Å²) in [7, 11) is -2.99. The molecule has 9 heteroatoms. The van der Waals surface area contributed by atoms with E-state index in [2.05, 4.69) is 55.3 Å². The van der Waals surface area contributed by atoms with Gasteiger partial charge in [0.2, 0.25) is 0 Å². The Morgan fingerprint density at radius 1 is 0.837 bits per heavy atom. The van der Waals surface area contributed by atoms with Gasteiger partial charge >= 0.3 is 5.97 Å². The first kappa shape index (κ1) is 30.4. The molecule has 0 fully saturated rings. The van der Waals surface area contributed by atoms with E-state index in [9.17, 15) is 14.7 Å². The van der Waals surface area contributed by atoms with Crippen LogP contribution in [0.3, 0.4) is 0 Å². The molecule has 0 saturated carbocycles. The van der Waals surface area contributed by atoms with Crippen molar-refractivity contribution in [1.82, 2.24) is 4.98 Å². The third kappa shape index (κ3) is 5.81. The van der Waals surface area contributed by atoms with Crippen molar-refractivity contribution in [3.63, 3.8) is 0 Å². The van der Waals surface area contributed by atoms with Gasteiger partial charge < -0.3 is 14.8 Å². The molecule has 0 bridgehead atoms. The van der Waals surface area contributed by atoms with Gasteiger partial charge in [-0.05, 0) is 33.6 Å². The van der Waals surface area contributed by atoms with E-state index in [0.717, 1.165) is 10.4 Å². The van der Waals surface area contributed by atoms with Gasteiger partial charge in [-0.2, -0.15) is 0 Å². The highest BCUT2D eigenvalue weighted by Crippen LogP contribution is 2.38. The second-order valence-electron chi connectivity index (χ2n) is 11.2. The minimum absolute atomic E-state index is 0.0156. The zero-order chi connectivity index (χ0) is 30.8. The van der Waals surface area contributed by atoms with Crippen molar-refractivity contribution in [2.45, 2.75) is 32.4 Å². The van der Waals surface area contributed by atoms with Crippen LogP contribution in [0, 0.1) is 0 Å². The van der Waals surface area contributed by atoms with Crippen LogP contribution in [0.1, 0.15) is 47.1 Å². The smallest absolute Gasteiger partial charge is 0.337 e. The number of rotatable bonds is 8. The summed E-state index contributed by atoms with van der Waals surface area (Å²) in [5.41, 5.74) is 1.45. The molecule has 4 aromatic carbocycles. The molecule has 218 valence electrons. The fourth-order valence-electron chi connectivity index (χ4n) is 5.56. The Morgan fingerprint density at radius 3 is 1.93 bits per heavy atom. The molecule has 0 unspecified atom stereocenters. The number of nitrogens with zero attached hydrogens (tertiary/aromatic N) is 1. The van der Waals surface area contributed by atoms with E-state index in [1.165, 1.54) is 6.20 Å². The molecular weight excluding hydrogens is 599 g/mol. The van der Waals surface area contributed by atoms with Crippen LogP contribution < -0.4 is 15.7 Å². The number of benzene rings is 4. The number of pyridine rings is 1. The summed E-state index contributed by atoms with van der Waals surface area (Å²) < 4.78 is 7.10. The molecule has 0 saturated heterocycles. The summed E-state index contributed by atoms with van der Waals surface area (Å²) in [5, 5.41) is 15.9. The zero-order valence-electron chi connectivity index (χ0n) is 23.9. The van der Waals surface area contributed by atoms with Crippen LogP contribution >= 0.6 is 23.2 Å². The van der Waals surface area contributed by atoms with Crippen molar-refractivity contribution in [1.29, 1.82) is 0 Å². The minimum Gasteiger partial charge on any atom is -0.478 e. The van der Waals surface area contributed by atoms with E-state index in [4.69, 9.17) is 27.6 Å². The molecule has 1 aromatic heterocycles. The molecule has 5 aromatic rings. The Balaban J connectivity index is 1.63. The molecule has 0 aliphatic heterocycles. The second-order valence-corrected chi connectivity index (χ2v) is 16.3. The molecule has 0 spiro atoms. The standard InChI is InChI=1S/C34H30Cl2N2O4Si/c1-34(2,3)43(22-12-6-4-7-13-22,23-14-8-5-9-15-23)42-21-26-24-16-10-19-29(31(24)37-20-25(26)33(40)41)38-32(39)30-27(35)17-11-18-28(30)36/h4-20H,21H2,1-3H3,(H,38,39)(H,40,41). The first-order valence-corrected chi connectivity index (χ1v) is 16.4. The number of aromatic carboxylic acids is 1. The van der Waals surface area contributed by atoms with E-state index in [1.807, 2.05) is 36.4 Å². The highest BCUT2D eigenvalue weighted by atomic mass is 35.5. The maximum Gasteiger partial charge on any atom is 0.337 e. The third-order valence-corrected chi connectivity index (χ3v) is 13.1. The summed E-state index contributed by atoms with van der Waals surface area (Å²) in [6.07, 6.45) is 1.31. The Bertz CT molecular complexity index is 1750. The Labute approximate surface area is 261 Å². The molecule has 5 rings (SSSR count). The molecular formula is C34H30Cl2N2O4Si. The lowest BCUT2D eigenvalue weighted by Crippen LogP contribution is -2.66. The van der Waals surface area contributed by atoms with Crippen molar-refractivity contribution in [3.05, 3.63) is 130 Å². The third-order valence-electron chi connectivity index (χ3n) is 7.53. The molecule has 0 aliphatic carbocycles. The highest BCUT2D eigenvalue weighted by molar-refractivity contribution is 6.99. The van der Waals surface area contributed by atoms with Crippen LogP contribution in [0.4, 0.5) is 5.69 Å². The van der Waals surface area contributed by atoms with Crippen LogP contribution in [0.15, 0.2) is 103 Å². The second kappa shape index (κ2) is 12.3. The van der Waals surface area contributed by atoms with Crippen molar-refractivity contribution < 1.29 is 19.1 Å². The van der Waals surface area contributed by atoms with Crippen molar-refractivity contribution >= 4 is 70.4 Å². The predicted octanol–water partition coefficient (Wildman–Crippen LogP) is 7.57. The lowest BCUT2D eigenvalue weighted by Gasteiger charge is -2.43. The maximum atomic E-state index is 13.2. The number of nitrogens with one attached hydrogen (secondary N) is 1. The number of carboxylic acids is 1. The van der Waals surface area contributed by atoms with E-state index >= 15 is 0 Å². The number of para-hydroxylation sites is 1. The Hall–Kier alpha value is -4.01. The summed E-state index contributed by atoms with van der Waals surface area (Å²) in [5.74, 6) is -1.62. The largest absolute Gasteiger partial charge is 0.478 e. The number of carbonyl (C=O) groups excluding carboxylic acids is 1. The molecule has 0 aliphatic rings. The van der Waals surface area contributed by atoms with Crippen molar-refractivity contribution in [2.75, 3.05) is 5.32 Å². The number of amides is 1. The van der Waals surface area contributed by atoms with Crippen LogP contribution in [-0.2, 0) is 11.0 Å². The zero-order valence-corrected chi connectivity index (χ0v) is 26.4. The van der Waals surface area contributed by atoms with Gasteiger partial charge in [-0.1, -0.05) is 123 Å². The Morgan fingerprint density at radius 2 is 1.40 bits per heavy atom. The summed E-state index contributed by atoms with van der Waals surface area (Å²) >= 11 is 12.5. The lowest BCUT2D eigenvalue weighted by atomic mass is 10.0. The van der Waals surface area contributed by atoms with Gasteiger partial charge in [0.05, 0.1) is 39.0 Å². The fraction of sp³-hybridized carbons (Fsp3) is 0.147. The number of carboxylic acid groups (broad SMARTS) is 1. The monoisotopic (exact) mass is 628 g/mol. The Kier molecular flexibility index (Phi) is 8.71. The van der Waals surface area contributed by atoms with Gasteiger partial charge in [0.25, 0.3) is 14.2 Å². The SMILES string of the molecule is CC(C)(C)[Si](OCc1c(C(=O)O)cnc2c(NC(=O)c3c(Cl)cccc3Cl)cccc12)(c1ccccc1)c1ccccc1. The molecule has 1 heterocycles. The normalized spacial score (nSPS) is 11.8. The highest BCUT2D eigenvalue weighted by Gasteiger charge is 2.50. The number of aromatic nitrogens is 1. The number of halogens is 2. The number of fused-ring (bicyclic) bond motifs is 1. The molecule has 0 atom stereocenters. The molecule has 1 amide bonds. The lowest BCUT2D eigenvalue weighted by molar-refractivity contribution is 0.0693. The van der Waals surface area contributed by atoms with Gasteiger partial charge in [0, 0.05) is 17.1 Å². The van der Waals surface area contributed by atoms with E-state index in [1.54, 1.807) is 36.4 Å². The number of hydrogen-bond acceptors (Lipinski definition) is 4. The van der Waals surface area contributed by atoms with Gasteiger partial charge in [0.15, 0.2) is 0 Å². The summed E-state index contributed by atoms with van der Waals surface area (Å²) in [6.45, 7) is 6.50. The van der Waals surface area contributed by atoms with Gasteiger partial charge in [0.1, 0.15) is 0 Å². The van der Waals surface area contributed by atoms with Gasteiger partial charge in [-0.3, -0.25) is 9.78 Å². The summed E-state index contributed by atoms with van der Waals surface area (Å²) in [6, 6.07) is 30.3. The van der Waals surface area contributed by atoms with Gasteiger partial charge in [-0.25, -0.2) is 4.79 Å². The number of carbonyl (C=O) groups is 2. The van der Waals surface area contributed by atoms with E-state index < -0.39 is 20.2 Å². The van der Waals surface area contributed by atoms with Crippen molar-refractivity contribution in [2.24, 2.45) is 0 Å². The summed E-state index contributed by atoms with van der Waals surface area (Å²) in [4.78, 5) is 30.1. The van der Waals surface area contributed by atoms with Crippen LogP contribution in [0.2, 0.25) is 15.1 Å². The number of anilines is 1. The van der Waals surface area contributed by atoms with Crippen LogP contribution in [0.25, 0.3) is 10.9 Å². The van der Waals surface area contributed by atoms with Crippen LogP contribution in [0.5, 0.6) is 0 Å². The van der Waals surface area contributed by atoms with Crippen LogP contribution in [-0.4, -0.2) is 30.3 Å². The van der Waals surface area contributed by atoms with Crippen molar-refractivity contribution in [3.8, 4) is 0 Å². The average molecular weight is 630 g/mol. The molecule has 43 heavy (non-hydrogen) atoms. The fourth-order valence-corrected chi connectivity index (χ4v) is 10.6. The molecule has 6 nitrogen and oxygen atoms in total. The first-order valence-electron chi connectivity index (χ1n) is 13.7. The number of hydrogen-bond donors (Lipinski definition) is 2. The maximum absolute atomic E-state index is 13.2. The van der Waals surface area contributed by atoms with E-state index in [-0.39, 0.29) is 32.8 Å². The van der Waals surface area contributed by atoms with Gasteiger partial charge in [-0.15, -0.1) is 0 Å².